The van der Waals surface area contributed by atoms with Gasteiger partial charge in [0.25, 0.3) is 5.91 Å². The van der Waals surface area contributed by atoms with Gasteiger partial charge in [-0.15, -0.1) is 0 Å². The zero-order valence-electron chi connectivity index (χ0n) is 16.1. The summed E-state index contributed by atoms with van der Waals surface area (Å²) >= 11 is 6.07. The molecule has 0 unspecified atom stereocenters. The molecule has 1 aromatic heterocycles. The van der Waals surface area contributed by atoms with Crippen molar-refractivity contribution in [1.29, 1.82) is 0 Å². The standard InChI is InChI=1S/C25H17ClN2O2/c1-15-9-11-21(20-8-3-2-7-19(15)20)24(29)27-18-10-12-23-22(14-18)28-25(30-23)16-5-4-6-17(26)13-16/h2-14H,1H3,(H,27,29). The Morgan fingerprint density at radius 3 is 2.60 bits per heavy atom. The minimum atomic E-state index is -0.163. The van der Waals surface area contributed by atoms with Crippen molar-refractivity contribution in [3.8, 4) is 11.5 Å². The van der Waals surface area contributed by atoms with Gasteiger partial charge in [-0.05, 0) is 65.7 Å². The van der Waals surface area contributed by atoms with Gasteiger partial charge < -0.3 is 9.73 Å². The molecular formula is C25H17ClN2O2. The summed E-state index contributed by atoms with van der Waals surface area (Å²) in [6, 6.07) is 24.5. The molecule has 0 fully saturated rings. The molecule has 1 heterocycles. The van der Waals surface area contributed by atoms with E-state index in [1.807, 2.05) is 61.5 Å². The molecule has 0 aliphatic rings. The SMILES string of the molecule is Cc1ccc(C(=O)Nc2ccc3oc(-c4cccc(Cl)c4)nc3c2)c2ccccc12. The molecule has 0 aliphatic carbocycles. The fourth-order valence-electron chi connectivity index (χ4n) is 3.60. The van der Waals surface area contributed by atoms with Crippen LogP contribution in [0.2, 0.25) is 5.02 Å². The lowest BCUT2D eigenvalue weighted by atomic mass is 10.00. The van der Waals surface area contributed by atoms with Crippen LogP contribution in [0.4, 0.5) is 5.69 Å². The lowest BCUT2D eigenvalue weighted by molar-refractivity contribution is 0.102. The van der Waals surface area contributed by atoms with Gasteiger partial charge in [0.2, 0.25) is 5.89 Å². The second-order valence-corrected chi connectivity index (χ2v) is 7.58. The number of benzene rings is 4. The van der Waals surface area contributed by atoms with Crippen molar-refractivity contribution in [3.63, 3.8) is 0 Å². The Hall–Kier alpha value is -3.63. The number of halogens is 1. The molecule has 5 aromatic rings. The van der Waals surface area contributed by atoms with Gasteiger partial charge in [-0.25, -0.2) is 4.98 Å². The maximum atomic E-state index is 13.0. The molecule has 5 rings (SSSR count). The van der Waals surface area contributed by atoms with Crippen LogP contribution in [-0.4, -0.2) is 10.9 Å². The van der Waals surface area contributed by atoms with Gasteiger partial charge in [0, 0.05) is 21.8 Å². The van der Waals surface area contributed by atoms with Crippen molar-refractivity contribution in [2.75, 3.05) is 5.32 Å². The van der Waals surface area contributed by atoms with E-state index in [-0.39, 0.29) is 5.91 Å². The summed E-state index contributed by atoms with van der Waals surface area (Å²) < 4.78 is 5.84. The molecule has 5 heteroatoms. The number of aryl methyl sites for hydroxylation is 1. The topological polar surface area (TPSA) is 55.1 Å². The fraction of sp³-hybridized carbons (Fsp3) is 0.0400. The molecular weight excluding hydrogens is 396 g/mol. The average Bonchev–Trinajstić information content (AvgIpc) is 3.18. The molecule has 1 amide bonds. The zero-order chi connectivity index (χ0) is 20.7. The lowest BCUT2D eigenvalue weighted by Crippen LogP contribution is -2.12. The number of amides is 1. The predicted molar refractivity (Wildman–Crippen MR) is 121 cm³/mol. The van der Waals surface area contributed by atoms with Crippen LogP contribution in [0.3, 0.4) is 0 Å². The molecule has 0 bridgehead atoms. The summed E-state index contributed by atoms with van der Waals surface area (Å²) in [4.78, 5) is 17.5. The first-order valence-corrected chi connectivity index (χ1v) is 9.92. The van der Waals surface area contributed by atoms with E-state index in [2.05, 4.69) is 10.3 Å². The summed E-state index contributed by atoms with van der Waals surface area (Å²) in [5.74, 6) is 0.324. The maximum absolute atomic E-state index is 13.0. The highest BCUT2D eigenvalue weighted by Gasteiger charge is 2.13. The summed E-state index contributed by atoms with van der Waals surface area (Å²) in [7, 11) is 0. The molecule has 0 atom stereocenters. The minimum Gasteiger partial charge on any atom is -0.436 e. The van der Waals surface area contributed by atoms with Gasteiger partial charge >= 0.3 is 0 Å². The van der Waals surface area contributed by atoms with E-state index in [1.165, 1.54) is 0 Å². The number of oxazole rings is 1. The van der Waals surface area contributed by atoms with E-state index in [0.717, 1.165) is 21.9 Å². The highest BCUT2D eigenvalue weighted by Crippen LogP contribution is 2.28. The van der Waals surface area contributed by atoms with E-state index < -0.39 is 0 Å². The largest absolute Gasteiger partial charge is 0.436 e. The highest BCUT2D eigenvalue weighted by molar-refractivity contribution is 6.30. The number of rotatable bonds is 3. The summed E-state index contributed by atoms with van der Waals surface area (Å²) in [6.45, 7) is 2.04. The molecule has 0 radical (unpaired) electrons. The van der Waals surface area contributed by atoms with Crippen molar-refractivity contribution in [2.45, 2.75) is 6.92 Å². The van der Waals surface area contributed by atoms with Gasteiger partial charge in [-0.1, -0.05) is 48.0 Å². The van der Waals surface area contributed by atoms with Crippen LogP contribution in [0.5, 0.6) is 0 Å². The normalized spacial score (nSPS) is 11.1. The minimum absolute atomic E-state index is 0.163. The van der Waals surface area contributed by atoms with Crippen molar-refractivity contribution in [3.05, 3.63) is 95.0 Å². The summed E-state index contributed by atoms with van der Waals surface area (Å²) in [6.07, 6.45) is 0. The second kappa shape index (κ2) is 7.32. The van der Waals surface area contributed by atoms with Gasteiger partial charge in [-0.3, -0.25) is 4.79 Å². The Morgan fingerprint density at radius 1 is 0.933 bits per heavy atom. The molecule has 30 heavy (non-hydrogen) atoms. The van der Waals surface area contributed by atoms with Crippen LogP contribution in [0.25, 0.3) is 33.3 Å². The Balaban J connectivity index is 1.47. The number of aromatic nitrogens is 1. The molecule has 4 aromatic carbocycles. The number of hydrogen-bond acceptors (Lipinski definition) is 3. The quantitative estimate of drug-likeness (QED) is 0.352. The van der Waals surface area contributed by atoms with Crippen molar-refractivity contribution in [2.24, 2.45) is 0 Å². The number of carbonyl (C=O) groups excluding carboxylic acids is 1. The molecule has 1 N–H and O–H groups in total. The Morgan fingerprint density at radius 2 is 1.77 bits per heavy atom. The van der Waals surface area contributed by atoms with Gasteiger partial charge in [0.15, 0.2) is 5.58 Å². The molecule has 0 saturated heterocycles. The van der Waals surface area contributed by atoms with Crippen LogP contribution in [0, 0.1) is 6.92 Å². The number of anilines is 1. The van der Waals surface area contributed by atoms with Crippen molar-refractivity contribution in [1.82, 2.24) is 4.98 Å². The monoisotopic (exact) mass is 412 g/mol. The van der Waals surface area contributed by atoms with Crippen LogP contribution in [-0.2, 0) is 0 Å². The number of carbonyl (C=O) groups is 1. The number of nitrogens with zero attached hydrogens (tertiary/aromatic N) is 1. The highest BCUT2D eigenvalue weighted by atomic mass is 35.5. The Labute approximate surface area is 178 Å². The van der Waals surface area contributed by atoms with Crippen LogP contribution in [0.1, 0.15) is 15.9 Å². The van der Waals surface area contributed by atoms with E-state index in [4.69, 9.17) is 16.0 Å². The first-order valence-electron chi connectivity index (χ1n) is 9.55. The van der Waals surface area contributed by atoms with Gasteiger partial charge in [0.05, 0.1) is 0 Å². The van der Waals surface area contributed by atoms with Gasteiger partial charge in [0.1, 0.15) is 5.52 Å². The fourth-order valence-corrected chi connectivity index (χ4v) is 3.79. The summed E-state index contributed by atoms with van der Waals surface area (Å²) in [5.41, 5.74) is 4.54. The van der Waals surface area contributed by atoms with Crippen molar-refractivity contribution >= 4 is 45.1 Å². The average molecular weight is 413 g/mol. The van der Waals surface area contributed by atoms with Crippen LogP contribution >= 0.6 is 11.6 Å². The Kier molecular flexibility index (Phi) is 4.49. The lowest BCUT2D eigenvalue weighted by Gasteiger charge is -2.10. The first kappa shape index (κ1) is 18.4. The molecule has 146 valence electrons. The van der Waals surface area contributed by atoms with E-state index >= 15 is 0 Å². The van der Waals surface area contributed by atoms with Crippen LogP contribution < -0.4 is 5.32 Å². The third kappa shape index (κ3) is 3.31. The van der Waals surface area contributed by atoms with Crippen molar-refractivity contribution < 1.29 is 9.21 Å². The van der Waals surface area contributed by atoms with Gasteiger partial charge in [-0.2, -0.15) is 0 Å². The third-order valence-corrected chi connectivity index (χ3v) is 5.34. The first-order chi connectivity index (χ1) is 14.6. The number of nitrogens with one attached hydrogen (secondary N) is 1. The smallest absolute Gasteiger partial charge is 0.256 e. The zero-order valence-corrected chi connectivity index (χ0v) is 16.9. The molecule has 0 spiro atoms. The molecule has 4 nitrogen and oxygen atoms in total. The second-order valence-electron chi connectivity index (χ2n) is 7.14. The number of fused-ring (bicyclic) bond motifs is 2. The molecule has 0 saturated carbocycles. The number of hydrogen-bond donors (Lipinski definition) is 1. The third-order valence-electron chi connectivity index (χ3n) is 5.10. The van der Waals surface area contributed by atoms with Crippen LogP contribution in [0.15, 0.2) is 83.3 Å². The maximum Gasteiger partial charge on any atom is 0.256 e. The summed E-state index contributed by atoms with van der Waals surface area (Å²) in [5, 5.41) is 5.60. The van der Waals surface area contributed by atoms with E-state index in [1.54, 1.807) is 24.3 Å². The predicted octanol–water partition coefficient (Wildman–Crippen LogP) is 6.86. The molecule has 0 aliphatic heterocycles. The van der Waals surface area contributed by atoms with E-state index in [0.29, 0.717) is 33.3 Å². The van der Waals surface area contributed by atoms with E-state index in [9.17, 15) is 4.79 Å². The Bertz CT molecular complexity index is 1420.